The number of benzene rings is 1. The van der Waals surface area contributed by atoms with Gasteiger partial charge in [0, 0.05) is 17.7 Å². The molecular formula is C19H21N3O3S. The zero-order chi connectivity index (χ0) is 19.0. The maximum Gasteiger partial charge on any atom is 0.254 e. The second kappa shape index (κ2) is 7.07. The van der Waals surface area contributed by atoms with E-state index in [1.54, 1.807) is 13.0 Å². The fourth-order valence-corrected chi connectivity index (χ4v) is 4.24. The lowest BCUT2D eigenvalue weighted by molar-refractivity contribution is -0.121. The van der Waals surface area contributed by atoms with E-state index >= 15 is 0 Å². The van der Waals surface area contributed by atoms with Crippen molar-refractivity contribution in [1.29, 1.82) is 0 Å². The lowest BCUT2D eigenvalue weighted by Crippen LogP contribution is -2.31. The second-order valence-electron chi connectivity index (χ2n) is 6.46. The van der Waals surface area contributed by atoms with Gasteiger partial charge >= 0.3 is 0 Å². The van der Waals surface area contributed by atoms with Crippen molar-refractivity contribution in [3.8, 4) is 0 Å². The molecule has 0 saturated carbocycles. The van der Waals surface area contributed by atoms with E-state index in [4.69, 9.17) is 0 Å². The quantitative estimate of drug-likeness (QED) is 0.660. The van der Waals surface area contributed by atoms with Crippen LogP contribution in [0.2, 0.25) is 0 Å². The topological polar surface area (TPSA) is 83.1 Å². The molecular weight excluding hydrogens is 350 g/mol. The summed E-state index contributed by atoms with van der Waals surface area (Å²) < 4.78 is 0. The van der Waals surface area contributed by atoms with E-state index in [1.165, 1.54) is 4.90 Å². The number of aromatic nitrogens is 2. The van der Waals surface area contributed by atoms with Gasteiger partial charge in [0.05, 0.1) is 5.69 Å². The number of anilines is 1. The minimum Gasteiger partial charge on any atom is -0.301 e. The highest BCUT2D eigenvalue weighted by Gasteiger charge is 2.41. The average Bonchev–Trinajstić information content (AvgIpc) is 2.82. The molecule has 0 radical (unpaired) electrons. The van der Waals surface area contributed by atoms with Crippen molar-refractivity contribution in [2.75, 3.05) is 4.90 Å². The Hall–Kier alpha value is -2.41. The number of hydrogen-bond acceptors (Lipinski definition) is 5. The number of aromatic amines is 1. The van der Waals surface area contributed by atoms with E-state index in [0.29, 0.717) is 28.5 Å². The van der Waals surface area contributed by atoms with Crippen molar-refractivity contribution in [3.05, 3.63) is 50.9 Å². The van der Waals surface area contributed by atoms with Gasteiger partial charge in [-0.1, -0.05) is 36.4 Å². The van der Waals surface area contributed by atoms with Crippen molar-refractivity contribution in [2.24, 2.45) is 0 Å². The molecule has 0 bridgehead atoms. The van der Waals surface area contributed by atoms with Gasteiger partial charge in [-0.3, -0.25) is 14.4 Å². The molecule has 26 heavy (non-hydrogen) atoms. The summed E-state index contributed by atoms with van der Waals surface area (Å²) in [5.41, 5.74) is 3.68. The number of rotatable bonds is 4. The third-order valence-corrected chi connectivity index (χ3v) is 5.58. The number of hydrogen-bond donors (Lipinski definition) is 1. The summed E-state index contributed by atoms with van der Waals surface area (Å²) in [6.45, 7) is 7.53. The predicted molar refractivity (Wildman–Crippen MR) is 102 cm³/mol. The number of thioether (sulfide) groups is 1. The minimum absolute atomic E-state index is 0.0924. The van der Waals surface area contributed by atoms with Crippen LogP contribution in [0.5, 0.6) is 0 Å². The molecule has 0 spiro atoms. The highest BCUT2D eigenvalue weighted by molar-refractivity contribution is 8.00. The Morgan fingerprint density at radius 2 is 1.96 bits per heavy atom. The highest BCUT2D eigenvalue weighted by Crippen LogP contribution is 2.34. The molecule has 2 heterocycles. The Balaban J connectivity index is 1.87. The molecule has 1 saturated heterocycles. The molecule has 1 aromatic carbocycles. The summed E-state index contributed by atoms with van der Waals surface area (Å²) in [5, 5.41) is -0.212. The zero-order valence-electron chi connectivity index (χ0n) is 15.3. The molecule has 2 amide bonds. The molecule has 1 unspecified atom stereocenters. The first-order valence-corrected chi connectivity index (χ1v) is 9.40. The first-order chi connectivity index (χ1) is 12.3. The molecule has 1 N–H and O–H groups in total. The van der Waals surface area contributed by atoms with Crippen LogP contribution in [0.1, 0.15) is 35.7 Å². The molecule has 7 heteroatoms. The summed E-state index contributed by atoms with van der Waals surface area (Å²) in [6.07, 6.45) is 0.690. The molecule has 136 valence electrons. The Morgan fingerprint density at radius 1 is 1.23 bits per heavy atom. The number of nitrogens with one attached hydrogen (secondary N) is 1. The van der Waals surface area contributed by atoms with Crippen LogP contribution < -0.4 is 10.5 Å². The van der Waals surface area contributed by atoms with Crippen LogP contribution in [-0.4, -0.2) is 27.0 Å². The smallest absolute Gasteiger partial charge is 0.254 e. The maximum atomic E-state index is 12.8. The molecule has 3 rings (SSSR count). The lowest BCUT2D eigenvalue weighted by atomic mass is 10.1. The van der Waals surface area contributed by atoms with E-state index in [0.717, 1.165) is 22.9 Å². The summed E-state index contributed by atoms with van der Waals surface area (Å²) in [6, 6.07) is 5.63. The monoisotopic (exact) mass is 371 g/mol. The fraction of sp³-hybridized carbons (Fsp3) is 0.368. The highest BCUT2D eigenvalue weighted by atomic mass is 32.2. The van der Waals surface area contributed by atoms with E-state index in [9.17, 15) is 14.4 Å². The Bertz CT molecular complexity index is 952. The van der Waals surface area contributed by atoms with Gasteiger partial charge in [-0.05, 0) is 38.8 Å². The average molecular weight is 371 g/mol. The van der Waals surface area contributed by atoms with Gasteiger partial charge in [-0.25, -0.2) is 9.88 Å². The number of carbonyl (C=O) groups excluding carboxylic acids is 2. The first-order valence-electron chi connectivity index (χ1n) is 8.52. The number of H-pyrrole nitrogens is 1. The van der Waals surface area contributed by atoms with Gasteiger partial charge in [0.1, 0.15) is 5.25 Å². The molecule has 1 aliphatic rings. The van der Waals surface area contributed by atoms with E-state index < -0.39 is 5.25 Å². The predicted octanol–water partition coefficient (Wildman–Crippen LogP) is 2.68. The number of carbonyl (C=O) groups is 2. The van der Waals surface area contributed by atoms with Crippen LogP contribution in [0, 0.1) is 20.8 Å². The molecule has 6 nitrogen and oxygen atoms in total. The third-order valence-electron chi connectivity index (χ3n) is 4.51. The molecule has 1 fully saturated rings. The van der Waals surface area contributed by atoms with Crippen LogP contribution >= 0.6 is 11.8 Å². The number of nitrogens with zero attached hydrogens (tertiary/aromatic N) is 2. The Labute approximate surface area is 156 Å². The number of aryl methyl sites for hydroxylation is 3. The maximum absolute atomic E-state index is 12.8. The van der Waals surface area contributed by atoms with E-state index in [-0.39, 0.29) is 23.8 Å². The van der Waals surface area contributed by atoms with Gasteiger partial charge in [-0.2, -0.15) is 0 Å². The van der Waals surface area contributed by atoms with Crippen LogP contribution in [-0.2, 0) is 16.0 Å². The van der Waals surface area contributed by atoms with Crippen LogP contribution in [0.15, 0.2) is 28.2 Å². The number of imide groups is 1. The largest absolute Gasteiger partial charge is 0.301 e. The molecule has 1 aliphatic heterocycles. The first kappa shape index (κ1) is 18.4. The zero-order valence-corrected chi connectivity index (χ0v) is 16.1. The van der Waals surface area contributed by atoms with Gasteiger partial charge in [0.2, 0.25) is 11.8 Å². The van der Waals surface area contributed by atoms with Crippen molar-refractivity contribution in [3.63, 3.8) is 0 Å². The molecule has 1 atom stereocenters. The Morgan fingerprint density at radius 3 is 2.58 bits per heavy atom. The normalized spacial score (nSPS) is 17.2. The summed E-state index contributed by atoms with van der Waals surface area (Å²) >= 11 is 1.14. The molecule has 0 aliphatic carbocycles. The van der Waals surface area contributed by atoms with Gasteiger partial charge < -0.3 is 4.98 Å². The summed E-state index contributed by atoms with van der Waals surface area (Å²) in [7, 11) is 0. The van der Waals surface area contributed by atoms with Crippen LogP contribution in [0.4, 0.5) is 5.69 Å². The van der Waals surface area contributed by atoms with Gasteiger partial charge in [-0.15, -0.1) is 0 Å². The van der Waals surface area contributed by atoms with E-state index in [1.807, 2.05) is 32.9 Å². The SMILES string of the molecule is CCc1c(C)nc(SC2CC(=O)N(c3ccc(C)cc3C)C2=O)[nH]c1=O. The van der Waals surface area contributed by atoms with Crippen molar-refractivity contribution in [1.82, 2.24) is 9.97 Å². The second-order valence-corrected chi connectivity index (χ2v) is 7.65. The molecule has 1 aromatic heterocycles. The van der Waals surface area contributed by atoms with Crippen molar-refractivity contribution in [2.45, 2.75) is 50.9 Å². The van der Waals surface area contributed by atoms with Crippen LogP contribution in [0.25, 0.3) is 0 Å². The van der Waals surface area contributed by atoms with Crippen molar-refractivity contribution >= 4 is 29.3 Å². The van der Waals surface area contributed by atoms with Gasteiger partial charge in [0.25, 0.3) is 5.56 Å². The standard InChI is InChI=1S/C19H21N3O3S/c1-5-13-12(4)20-19(21-17(13)24)26-15-9-16(23)22(18(15)25)14-7-6-10(2)8-11(14)3/h6-8,15H,5,9H2,1-4H3,(H,20,21,24). The fourth-order valence-electron chi connectivity index (χ4n) is 3.20. The Kier molecular flexibility index (Phi) is 5.00. The minimum atomic E-state index is -0.585. The van der Waals surface area contributed by atoms with Crippen LogP contribution in [0.3, 0.4) is 0 Å². The molecule has 2 aromatic rings. The van der Waals surface area contributed by atoms with E-state index in [2.05, 4.69) is 9.97 Å². The van der Waals surface area contributed by atoms with Crippen molar-refractivity contribution < 1.29 is 9.59 Å². The third kappa shape index (κ3) is 3.31. The number of amides is 2. The van der Waals surface area contributed by atoms with Gasteiger partial charge in [0.15, 0.2) is 5.16 Å². The summed E-state index contributed by atoms with van der Waals surface area (Å²) in [5.74, 6) is -0.504. The summed E-state index contributed by atoms with van der Waals surface area (Å²) in [4.78, 5) is 45.7. The lowest BCUT2D eigenvalue weighted by Gasteiger charge is -2.17.